The van der Waals surface area contributed by atoms with Gasteiger partial charge in [-0.3, -0.25) is 0 Å². The fourth-order valence-electron chi connectivity index (χ4n) is 3.24. The van der Waals surface area contributed by atoms with Crippen molar-refractivity contribution in [2.75, 3.05) is 0 Å². The number of hydrogen-bond donors (Lipinski definition) is 0. The fraction of sp³-hybridized carbons (Fsp3) is 0.538. The lowest BCUT2D eigenvalue weighted by Crippen LogP contribution is -2.13. The van der Waals surface area contributed by atoms with Crippen molar-refractivity contribution in [1.82, 2.24) is 0 Å². The van der Waals surface area contributed by atoms with Crippen molar-refractivity contribution in [3.63, 3.8) is 0 Å². The van der Waals surface area contributed by atoms with Gasteiger partial charge in [-0.25, -0.2) is 0 Å². The second-order valence-electron chi connectivity index (χ2n) is 9.99. The Morgan fingerprint density at radius 1 is 0.462 bits per heavy atom. The minimum absolute atomic E-state index is 0.266. The van der Waals surface area contributed by atoms with E-state index in [4.69, 9.17) is 0 Å². The first-order valence-corrected chi connectivity index (χ1v) is 9.81. The number of hydrogen-bond acceptors (Lipinski definition) is 0. The van der Waals surface area contributed by atoms with Gasteiger partial charge in [-0.15, -0.1) is 0 Å². The molecule has 0 fully saturated rings. The standard InChI is InChI=1S/2C13H20/c1-9-7-12(13(4,5)6)8-10(2)11(9)3;1-9-7-11(3)12(8-10(9)2)13(4,5)6/h2*7-8H,1-6H3. The number of rotatable bonds is 0. The van der Waals surface area contributed by atoms with Gasteiger partial charge in [0.25, 0.3) is 0 Å². The maximum Gasteiger partial charge on any atom is -0.0129 e. The minimum Gasteiger partial charge on any atom is -0.0561 e. The summed E-state index contributed by atoms with van der Waals surface area (Å²) in [5.41, 5.74) is 11.9. The van der Waals surface area contributed by atoms with E-state index in [0.717, 1.165) is 0 Å². The van der Waals surface area contributed by atoms with Crippen LogP contribution in [0.5, 0.6) is 0 Å². The van der Waals surface area contributed by atoms with Gasteiger partial charge < -0.3 is 0 Å². The molecule has 0 N–H and O–H groups in total. The normalized spacial score (nSPS) is 11.8. The molecule has 26 heavy (non-hydrogen) atoms. The largest absolute Gasteiger partial charge is 0.0561 e. The van der Waals surface area contributed by atoms with Crippen LogP contribution >= 0.6 is 0 Å². The zero-order valence-electron chi connectivity index (χ0n) is 19.3. The van der Waals surface area contributed by atoms with Gasteiger partial charge in [0.2, 0.25) is 0 Å². The van der Waals surface area contributed by atoms with Gasteiger partial charge >= 0.3 is 0 Å². The van der Waals surface area contributed by atoms with Crippen LogP contribution in [0.4, 0.5) is 0 Å². The van der Waals surface area contributed by atoms with Crippen LogP contribution in [-0.2, 0) is 10.8 Å². The van der Waals surface area contributed by atoms with E-state index in [9.17, 15) is 0 Å². The summed E-state index contributed by atoms with van der Waals surface area (Å²) in [6, 6.07) is 9.23. The van der Waals surface area contributed by atoms with E-state index in [2.05, 4.69) is 107 Å². The van der Waals surface area contributed by atoms with Gasteiger partial charge in [0, 0.05) is 0 Å². The molecular formula is C26H40. The van der Waals surface area contributed by atoms with Crippen molar-refractivity contribution in [2.24, 2.45) is 0 Å². The maximum absolute atomic E-state index is 2.32. The summed E-state index contributed by atoms with van der Waals surface area (Å²) in [6.07, 6.45) is 0. The highest BCUT2D eigenvalue weighted by Crippen LogP contribution is 2.28. The lowest BCUT2D eigenvalue weighted by atomic mass is 9.82. The first kappa shape index (κ1) is 22.5. The zero-order valence-corrected chi connectivity index (χ0v) is 19.3. The summed E-state index contributed by atoms with van der Waals surface area (Å²) in [6.45, 7) is 26.7. The van der Waals surface area contributed by atoms with Gasteiger partial charge in [-0.05, 0) is 96.9 Å². The van der Waals surface area contributed by atoms with Crippen LogP contribution in [0.25, 0.3) is 0 Å². The van der Waals surface area contributed by atoms with Gasteiger partial charge in [0.15, 0.2) is 0 Å². The molecule has 2 aromatic rings. The van der Waals surface area contributed by atoms with Crippen molar-refractivity contribution in [2.45, 2.75) is 93.9 Å². The van der Waals surface area contributed by atoms with Crippen LogP contribution < -0.4 is 0 Å². The van der Waals surface area contributed by atoms with Crippen molar-refractivity contribution in [3.8, 4) is 0 Å². The third-order valence-electron chi connectivity index (χ3n) is 5.44. The summed E-state index contributed by atoms with van der Waals surface area (Å²) in [4.78, 5) is 0. The molecule has 0 radical (unpaired) electrons. The molecule has 0 saturated heterocycles. The van der Waals surface area contributed by atoms with Crippen LogP contribution in [0, 0.1) is 41.5 Å². The fourth-order valence-corrected chi connectivity index (χ4v) is 3.24. The van der Waals surface area contributed by atoms with Crippen LogP contribution in [0.2, 0.25) is 0 Å². The topological polar surface area (TPSA) is 0 Å². The molecule has 0 spiro atoms. The first-order chi connectivity index (χ1) is 11.6. The van der Waals surface area contributed by atoms with Crippen LogP contribution in [0.15, 0.2) is 24.3 Å². The Morgan fingerprint density at radius 3 is 1.27 bits per heavy atom. The monoisotopic (exact) mass is 352 g/mol. The van der Waals surface area contributed by atoms with E-state index in [1.165, 1.54) is 44.5 Å². The van der Waals surface area contributed by atoms with E-state index in [1.807, 2.05) is 0 Å². The highest BCUT2D eigenvalue weighted by atomic mass is 14.2. The molecular weight excluding hydrogens is 312 g/mol. The highest BCUT2D eigenvalue weighted by molar-refractivity contribution is 5.40. The average Bonchev–Trinajstić information content (AvgIpc) is 2.46. The summed E-state index contributed by atoms with van der Waals surface area (Å²) in [5.74, 6) is 0. The lowest BCUT2D eigenvalue weighted by molar-refractivity contribution is 0.585. The summed E-state index contributed by atoms with van der Waals surface area (Å²) in [5, 5.41) is 0. The molecule has 0 aliphatic rings. The quantitative estimate of drug-likeness (QED) is 0.453. The molecule has 0 saturated carbocycles. The molecule has 0 aliphatic heterocycles. The van der Waals surface area contributed by atoms with Gasteiger partial charge in [-0.2, -0.15) is 0 Å². The van der Waals surface area contributed by atoms with Crippen LogP contribution in [-0.4, -0.2) is 0 Å². The molecule has 0 unspecified atom stereocenters. The van der Waals surface area contributed by atoms with Crippen LogP contribution in [0.3, 0.4) is 0 Å². The third-order valence-corrected chi connectivity index (χ3v) is 5.44. The second kappa shape index (κ2) is 7.99. The lowest BCUT2D eigenvalue weighted by Gasteiger charge is -2.23. The number of benzene rings is 2. The van der Waals surface area contributed by atoms with Gasteiger partial charge in [0.05, 0.1) is 0 Å². The second-order valence-corrected chi connectivity index (χ2v) is 9.99. The smallest absolute Gasteiger partial charge is 0.0129 e. The molecule has 0 aromatic heterocycles. The Balaban J connectivity index is 0.000000260. The number of aryl methyl sites for hydroxylation is 5. The minimum atomic E-state index is 0.266. The molecule has 0 heterocycles. The summed E-state index contributed by atoms with van der Waals surface area (Å²) < 4.78 is 0. The predicted molar refractivity (Wildman–Crippen MR) is 119 cm³/mol. The van der Waals surface area contributed by atoms with Gasteiger partial charge in [-0.1, -0.05) is 65.8 Å². The van der Waals surface area contributed by atoms with E-state index >= 15 is 0 Å². The highest BCUT2D eigenvalue weighted by Gasteiger charge is 2.16. The van der Waals surface area contributed by atoms with Crippen molar-refractivity contribution in [1.29, 1.82) is 0 Å². The van der Waals surface area contributed by atoms with E-state index < -0.39 is 0 Å². The SMILES string of the molecule is Cc1cc(C(C)(C)C)cc(C)c1C.Cc1cc(C)c(C(C)(C)C)cc1C. The Hall–Kier alpha value is -1.56. The Bertz CT molecular complexity index is 739. The molecule has 0 amide bonds. The average molecular weight is 353 g/mol. The van der Waals surface area contributed by atoms with E-state index in [-0.39, 0.29) is 10.8 Å². The Labute approximate surface area is 163 Å². The summed E-state index contributed by atoms with van der Waals surface area (Å²) >= 11 is 0. The van der Waals surface area contributed by atoms with Crippen molar-refractivity contribution >= 4 is 0 Å². The predicted octanol–water partition coefficient (Wildman–Crippen LogP) is 7.82. The third kappa shape index (κ3) is 5.73. The van der Waals surface area contributed by atoms with E-state index in [0.29, 0.717) is 0 Å². The molecule has 144 valence electrons. The molecule has 0 bridgehead atoms. The Kier molecular flexibility index (Phi) is 6.91. The molecule has 0 atom stereocenters. The molecule has 2 rings (SSSR count). The first-order valence-electron chi connectivity index (χ1n) is 9.81. The van der Waals surface area contributed by atoms with E-state index in [1.54, 1.807) is 0 Å². The van der Waals surface area contributed by atoms with Crippen LogP contribution in [0.1, 0.15) is 86.1 Å². The summed E-state index contributed by atoms with van der Waals surface area (Å²) in [7, 11) is 0. The van der Waals surface area contributed by atoms with Gasteiger partial charge in [0.1, 0.15) is 0 Å². The molecule has 0 aliphatic carbocycles. The van der Waals surface area contributed by atoms with Crippen molar-refractivity contribution < 1.29 is 0 Å². The Morgan fingerprint density at radius 2 is 0.885 bits per heavy atom. The maximum atomic E-state index is 2.32. The zero-order chi connectivity index (χ0) is 20.4. The van der Waals surface area contributed by atoms with Crippen molar-refractivity contribution in [3.05, 3.63) is 68.8 Å². The molecule has 2 aromatic carbocycles. The molecule has 0 nitrogen and oxygen atoms in total. The molecule has 0 heteroatoms.